The molecule has 0 unspecified atom stereocenters. The molecule has 0 saturated carbocycles. The second kappa shape index (κ2) is 8.41. The van der Waals surface area contributed by atoms with Gasteiger partial charge < -0.3 is 19.3 Å². The minimum Gasteiger partial charge on any atom is -0.497 e. The third-order valence-corrected chi connectivity index (χ3v) is 6.15. The van der Waals surface area contributed by atoms with Crippen LogP contribution in [0.2, 0.25) is 0 Å². The minimum absolute atomic E-state index is 0.0130. The van der Waals surface area contributed by atoms with Crippen molar-refractivity contribution >= 4 is 22.8 Å². The normalized spacial score (nSPS) is 15.5. The Bertz CT molecular complexity index is 1140. The van der Waals surface area contributed by atoms with Gasteiger partial charge >= 0.3 is 5.97 Å². The molecule has 1 N–H and O–H groups in total. The zero-order valence-electron chi connectivity index (χ0n) is 17.6. The number of aliphatic carboxylic acids is 1. The second-order valence-corrected chi connectivity index (χ2v) is 7.99. The lowest BCUT2D eigenvalue weighted by Crippen LogP contribution is -2.41. The topological polar surface area (TPSA) is 71.8 Å². The van der Waals surface area contributed by atoms with Crippen molar-refractivity contribution in [2.75, 3.05) is 14.2 Å². The van der Waals surface area contributed by atoms with Crippen LogP contribution in [0.5, 0.6) is 5.75 Å². The summed E-state index contributed by atoms with van der Waals surface area (Å²) in [5, 5.41) is 10.1. The van der Waals surface area contributed by atoms with Gasteiger partial charge in [-0.25, -0.2) is 4.39 Å². The summed E-state index contributed by atoms with van der Waals surface area (Å²) >= 11 is 0. The first kappa shape index (κ1) is 20.9. The fourth-order valence-corrected chi connectivity index (χ4v) is 4.50. The summed E-state index contributed by atoms with van der Waals surface area (Å²) in [7, 11) is 3.41. The van der Waals surface area contributed by atoms with Crippen molar-refractivity contribution in [2.45, 2.75) is 38.3 Å². The molecule has 3 aromatic rings. The predicted octanol–water partition coefficient (Wildman–Crippen LogP) is 3.43. The van der Waals surface area contributed by atoms with Crippen LogP contribution in [-0.2, 0) is 35.4 Å². The lowest BCUT2D eigenvalue weighted by atomic mass is 9.90. The zero-order valence-corrected chi connectivity index (χ0v) is 17.6. The average molecular weight is 424 g/mol. The van der Waals surface area contributed by atoms with Crippen LogP contribution in [0.4, 0.5) is 4.39 Å². The quantitative estimate of drug-likeness (QED) is 0.658. The van der Waals surface area contributed by atoms with Gasteiger partial charge in [0.15, 0.2) is 0 Å². The third-order valence-electron chi connectivity index (χ3n) is 6.15. The van der Waals surface area contributed by atoms with Crippen LogP contribution in [0.3, 0.4) is 0 Å². The number of benzene rings is 2. The highest BCUT2D eigenvalue weighted by Gasteiger charge is 2.30. The summed E-state index contributed by atoms with van der Waals surface area (Å²) in [4.78, 5) is 26.1. The number of hydrogen-bond donors (Lipinski definition) is 1. The molecule has 0 saturated heterocycles. The summed E-state index contributed by atoms with van der Waals surface area (Å²) in [5.41, 5.74) is 3.50. The van der Waals surface area contributed by atoms with Crippen molar-refractivity contribution in [3.8, 4) is 5.75 Å². The fraction of sp³-hybridized carbons (Fsp3) is 0.333. The SMILES string of the molecule is COc1ccc(CC(=O)N(C)[C@H]2CCc3c(c4cc(F)ccc4n3CC(=O)O)C2)cc1. The molecular formula is C24H25FN2O4. The standard InChI is InChI=1S/C24H25FN2O4/c1-26(23(28)11-15-3-7-18(31-2)8-4-15)17-6-10-22-20(13-17)19-12-16(25)5-9-21(19)27(22)14-24(29)30/h3-5,7-9,12,17H,6,10-11,13-14H2,1-2H3,(H,29,30)/t17-/m0/s1. The van der Waals surface area contributed by atoms with E-state index in [1.165, 1.54) is 12.1 Å². The van der Waals surface area contributed by atoms with Gasteiger partial charge in [-0.2, -0.15) is 0 Å². The van der Waals surface area contributed by atoms with Crippen LogP contribution in [-0.4, -0.2) is 46.6 Å². The van der Waals surface area contributed by atoms with E-state index in [1.54, 1.807) is 29.7 Å². The minimum atomic E-state index is -0.932. The molecule has 0 fully saturated rings. The first-order valence-corrected chi connectivity index (χ1v) is 10.3. The Labute approximate surface area is 179 Å². The van der Waals surface area contributed by atoms with E-state index in [1.807, 2.05) is 24.3 Å². The molecule has 2 aromatic carbocycles. The summed E-state index contributed by atoms with van der Waals surface area (Å²) in [5.74, 6) is -0.528. The smallest absolute Gasteiger partial charge is 0.323 e. The Kier molecular flexibility index (Phi) is 5.67. The van der Waals surface area contributed by atoms with Gasteiger partial charge in [0.2, 0.25) is 5.91 Å². The summed E-state index contributed by atoms with van der Waals surface area (Å²) in [6, 6.07) is 11.9. The lowest BCUT2D eigenvalue weighted by Gasteiger charge is -2.32. The molecule has 0 radical (unpaired) electrons. The number of aromatic nitrogens is 1. The first-order valence-electron chi connectivity index (χ1n) is 10.3. The molecule has 31 heavy (non-hydrogen) atoms. The van der Waals surface area contributed by atoms with E-state index in [2.05, 4.69) is 0 Å². The number of halogens is 1. The highest BCUT2D eigenvalue weighted by molar-refractivity contribution is 5.87. The third kappa shape index (κ3) is 4.13. The Morgan fingerprint density at radius 3 is 2.65 bits per heavy atom. The molecule has 162 valence electrons. The number of carbonyl (C=O) groups is 2. The largest absolute Gasteiger partial charge is 0.497 e. The van der Waals surface area contributed by atoms with Gasteiger partial charge in [-0.3, -0.25) is 9.59 Å². The second-order valence-electron chi connectivity index (χ2n) is 7.99. The maximum absolute atomic E-state index is 14.0. The summed E-state index contributed by atoms with van der Waals surface area (Å²) in [6.07, 6.45) is 2.24. The molecule has 1 aromatic heterocycles. The maximum Gasteiger partial charge on any atom is 0.323 e. The molecule has 0 spiro atoms. The fourth-order valence-electron chi connectivity index (χ4n) is 4.50. The molecule has 1 amide bonds. The molecule has 7 heteroatoms. The van der Waals surface area contributed by atoms with Crippen molar-refractivity contribution < 1.29 is 23.8 Å². The monoisotopic (exact) mass is 424 g/mol. The Hall–Kier alpha value is -3.35. The number of fused-ring (bicyclic) bond motifs is 3. The Morgan fingerprint density at radius 2 is 1.97 bits per heavy atom. The van der Waals surface area contributed by atoms with Crippen molar-refractivity contribution in [1.82, 2.24) is 9.47 Å². The van der Waals surface area contributed by atoms with Crippen molar-refractivity contribution in [3.63, 3.8) is 0 Å². The van der Waals surface area contributed by atoms with Gasteiger partial charge in [0, 0.05) is 29.7 Å². The van der Waals surface area contributed by atoms with Crippen LogP contribution in [0, 0.1) is 5.82 Å². The first-order chi connectivity index (χ1) is 14.9. The van der Waals surface area contributed by atoms with Crippen LogP contribution in [0.25, 0.3) is 10.9 Å². The number of methoxy groups -OCH3 is 1. The molecule has 6 nitrogen and oxygen atoms in total. The van der Waals surface area contributed by atoms with Crippen LogP contribution < -0.4 is 4.74 Å². The molecule has 1 heterocycles. The number of carboxylic acids is 1. The van der Waals surface area contributed by atoms with Crippen molar-refractivity contribution in [1.29, 1.82) is 0 Å². The number of hydrogen-bond acceptors (Lipinski definition) is 3. The van der Waals surface area contributed by atoms with Crippen molar-refractivity contribution in [3.05, 3.63) is 65.1 Å². The van der Waals surface area contributed by atoms with Gasteiger partial charge in [0.1, 0.15) is 18.1 Å². The van der Waals surface area contributed by atoms with E-state index in [4.69, 9.17) is 4.74 Å². The number of ether oxygens (including phenoxy) is 1. The number of nitrogens with zero attached hydrogens (tertiary/aromatic N) is 2. The van der Waals surface area contributed by atoms with Crippen molar-refractivity contribution in [2.24, 2.45) is 0 Å². The molecule has 1 aliphatic carbocycles. The summed E-state index contributed by atoms with van der Waals surface area (Å²) < 4.78 is 20.9. The lowest BCUT2D eigenvalue weighted by molar-refractivity contribution is -0.137. The van der Waals surface area contributed by atoms with E-state index in [-0.39, 0.29) is 24.3 Å². The number of carbonyl (C=O) groups excluding carboxylic acids is 1. The predicted molar refractivity (Wildman–Crippen MR) is 115 cm³/mol. The molecule has 0 aliphatic heterocycles. The van der Waals surface area contributed by atoms with E-state index in [0.717, 1.165) is 39.9 Å². The maximum atomic E-state index is 14.0. The Balaban J connectivity index is 1.57. The molecule has 1 atom stereocenters. The van der Waals surface area contributed by atoms with E-state index >= 15 is 0 Å². The average Bonchev–Trinajstić information content (AvgIpc) is 3.05. The van der Waals surface area contributed by atoms with Gasteiger partial charge in [-0.05, 0) is 60.7 Å². The number of carboxylic acid groups (broad SMARTS) is 1. The van der Waals surface area contributed by atoms with Gasteiger partial charge in [0.25, 0.3) is 0 Å². The molecule has 0 bridgehead atoms. The molecule has 1 aliphatic rings. The number of likely N-dealkylation sites (N-methyl/N-ethyl adjacent to an activating group) is 1. The van der Waals surface area contributed by atoms with Crippen LogP contribution in [0.1, 0.15) is 23.2 Å². The summed E-state index contributed by atoms with van der Waals surface area (Å²) in [6.45, 7) is -0.158. The van der Waals surface area contributed by atoms with Gasteiger partial charge in [-0.15, -0.1) is 0 Å². The van der Waals surface area contributed by atoms with E-state index < -0.39 is 5.97 Å². The van der Waals surface area contributed by atoms with E-state index in [0.29, 0.717) is 19.3 Å². The van der Waals surface area contributed by atoms with Crippen LogP contribution in [0.15, 0.2) is 42.5 Å². The van der Waals surface area contributed by atoms with Gasteiger partial charge in [0.05, 0.1) is 13.5 Å². The molecule has 4 rings (SSSR count). The highest BCUT2D eigenvalue weighted by atomic mass is 19.1. The highest BCUT2D eigenvalue weighted by Crippen LogP contribution is 2.34. The van der Waals surface area contributed by atoms with E-state index in [9.17, 15) is 19.1 Å². The molecular weight excluding hydrogens is 399 g/mol. The van der Waals surface area contributed by atoms with Gasteiger partial charge in [-0.1, -0.05) is 12.1 Å². The van der Waals surface area contributed by atoms with Crippen LogP contribution >= 0.6 is 0 Å². The Morgan fingerprint density at radius 1 is 1.23 bits per heavy atom. The number of rotatable bonds is 6. The zero-order chi connectivity index (χ0) is 22.1. The number of amides is 1.